The normalized spacial score (nSPS) is 14.9. The summed E-state index contributed by atoms with van der Waals surface area (Å²) in [6, 6.07) is 17.6. The second kappa shape index (κ2) is 11.6. The topological polar surface area (TPSA) is 79.1 Å². The Morgan fingerprint density at radius 3 is 2.42 bits per heavy atom. The Balaban J connectivity index is 1.82. The number of hydrogen-bond acceptors (Lipinski definition) is 7. The Labute approximate surface area is 241 Å². The summed E-state index contributed by atoms with van der Waals surface area (Å²) in [5, 5.41) is 0. The van der Waals surface area contributed by atoms with E-state index in [9.17, 15) is 14.0 Å². The van der Waals surface area contributed by atoms with Gasteiger partial charge >= 0.3 is 5.97 Å². The molecule has 10 heteroatoms. The van der Waals surface area contributed by atoms with Crippen molar-refractivity contribution in [2.24, 2.45) is 4.99 Å². The summed E-state index contributed by atoms with van der Waals surface area (Å²) in [7, 11) is 3.09. The largest absolute Gasteiger partial charge is 0.496 e. The molecule has 0 bridgehead atoms. The number of methoxy groups -OCH3 is 2. The van der Waals surface area contributed by atoms with Crippen LogP contribution < -0.4 is 24.4 Å². The molecule has 0 saturated heterocycles. The summed E-state index contributed by atoms with van der Waals surface area (Å²) >= 11 is 4.67. The van der Waals surface area contributed by atoms with E-state index in [0.29, 0.717) is 47.7 Å². The van der Waals surface area contributed by atoms with Crippen molar-refractivity contribution < 1.29 is 23.4 Å². The molecule has 1 atom stereocenters. The first-order valence-electron chi connectivity index (χ1n) is 12.3. The van der Waals surface area contributed by atoms with Gasteiger partial charge in [-0.15, -0.1) is 0 Å². The molecule has 0 spiro atoms. The number of hydrogen-bond donors (Lipinski definition) is 0. The smallest absolute Gasteiger partial charge is 0.338 e. The molecule has 7 nitrogen and oxygen atoms in total. The highest BCUT2D eigenvalue weighted by molar-refractivity contribution is 9.10. The predicted molar refractivity (Wildman–Crippen MR) is 155 cm³/mol. The molecular weight excluding hydrogens is 599 g/mol. The molecule has 0 saturated carbocycles. The Kier molecular flexibility index (Phi) is 7.99. The highest BCUT2D eigenvalue weighted by Crippen LogP contribution is 2.36. The molecule has 0 N–H and O–H groups in total. The molecule has 1 unspecified atom stereocenters. The number of rotatable bonds is 7. The third-order valence-corrected chi connectivity index (χ3v) is 7.95. The third-order valence-electron chi connectivity index (χ3n) is 6.35. The zero-order chi connectivity index (χ0) is 28.4. The second-order valence-corrected chi connectivity index (χ2v) is 10.6. The molecule has 40 heavy (non-hydrogen) atoms. The van der Waals surface area contributed by atoms with Crippen molar-refractivity contribution in [1.82, 2.24) is 4.57 Å². The van der Waals surface area contributed by atoms with Gasteiger partial charge in [0.2, 0.25) is 0 Å². The first-order valence-corrected chi connectivity index (χ1v) is 13.9. The van der Waals surface area contributed by atoms with Crippen LogP contribution in [-0.2, 0) is 9.53 Å². The summed E-state index contributed by atoms with van der Waals surface area (Å²) in [5.41, 5.74) is 2.11. The second-order valence-electron chi connectivity index (χ2n) is 8.71. The lowest BCUT2D eigenvalue weighted by Gasteiger charge is -2.25. The molecule has 0 aliphatic carbocycles. The number of fused-ring (bicyclic) bond motifs is 1. The van der Waals surface area contributed by atoms with Crippen molar-refractivity contribution in [1.29, 1.82) is 0 Å². The van der Waals surface area contributed by atoms with Gasteiger partial charge in [-0.25, -0.2) is 14.2 Å². The van der Waals surface area contributed by atoms with Gasteiger partial charge in [0.15, 0.2) is 4.80 Å². The zero-order valence-corrected chi connectivity index (χ0v) is 24.2. The molecular formula is C30H24BrFN2O5S. The molecule has 5 rings (SSSR count). The number of nitrogens with zero attached hydrogens (tertiary/aromatic N) is 2. The van der Waals surface area contributed by atoms with Crippen LogP contribution >= 0.6 is 27.3 Å². The molecule has 1 aliphatic heterocycles. The Bertz CT molecular complexity index is 1800. The Hall–Kier alpha value is -4.02. The number of aromatic nitrogens is 1. The first-order chi connectivity index (χ1) is 19.4. The number of carbonyl (C=O) groups excluding carboxylic acids is 1. The van der Waals surface area contributed by atoms with E-state index < -0.39 is 17.8 Å². The molecule has 0 fully saturated rings. The van der Waals surface area contributed by atoms with Crippen molar-refractivity contribution in [3.05, 3.63) is 119 Å². The van der Waals surface area contributed by atoms with Crippen LogP contribution in [0.5, 0.6) is 11.5 Å². The molecule has 3 aromatic carbocycles. The summed E-state index contributed by atoms with van der Waals surface area (Å²) in [4.78, 5) is 32.7. The fourth-order valence-electron chi connectivity index (χ4n) is 4.54. The fourth-order valence-corrected chi connectivity index (χ4v) is 6.05. The average molecular weight is 624 g/mol. The van der Waals surface area contributed by atoms with Crippen LogP contribution in [0.1, 0.15) is 29.7 Å². The van der Waals surface area contributed by atoms with Crippen molar-refractivity contribution in [2.75, 3.05) is 20.8 Å². The van der Waals surface area contributed by atoms with Crippen LogP contribution in [-0.4, -0.2) is 31.4 Å². The minimum absolute atomic E-state index is 0.136. The lowest BCUT2D eigenvalue weighted by Crippen LogP contribution is -2.40. The van der Waals surface area contributed by atoms with Gasteiger partial charge < -0.3 is 14.2 Å². The van der Waals surface area contributed by atoms with E-state index in [1.54, 1.807) is 44.4 Å². The monoisotopic (exact) mass is 622 g/mol. The maximum absolute atomic E-state index is 14.0. The van der Waals surface area contributed by atoms with E-state index >= 15 is 0 Å². The minimum Gasteiger partial charge on any atom is -0.496 e. The van der Waals surface area contributed by atoms with Gasteiger partial charge in [-0.2, -0.15) is 0 Å². The molecule has 0 amide bonds. The fraction of sp³-hybridized carbons (Fsp3) is 0.167. The van der Waals surface area contributed by atoms with Gasteiger partial charge in [-0.05, 0) is 52.7 Å². The van der Waals surface area contributed by atoms with E-state index in [4.69, 9.17) is 19.2 Å². The average Bonchev–Trinajstić information content (AvgIpc) is 3.27. The maximum Gasteiger partial charge on any atom is 0.338 e. The number of ether oxygens (including phenoxy) is 3. The molecule has 204 valence electrons. The van der Waals surface area contributed by atoms with Crippen molar-refractivity contribution in [2.45, 2.75) is 13.0 Å². The van der Waals surface area contributed by atoms with E-state index in [1.165, 1.54) is 35.1 Å². The number of benzene rings is 3. The Morgan fingerprint density at radius 2 is 1.77 bits per heavy atom. The standard InChI is InChI=1S/C30H24BrFN2O5S/c1-4-39-29(36)25-26(17-8-6-5-7-9-17)33-30-34(27(25)18-10-12-20(32)13-11-18)28(35)24(40-30)15-19-14-21(31)23(38-3)16-22(19)37-2/h5-16,27H,4H2,1-3H3/b24-15-. The van der Waals surface area contributed by atoms with Crippen molar-refractivity contribution in [3.8, 4) is 11.5 Å². The highest BCUT2D eigenvalue weighted by atomic mass is 79.9. The van der Waals surface area contributed by atoms with Gasteiger partial charge in [0.1, 0.15) is 17.3 Å². The van der Waals surface area contributed by atoms with Gasteiger partial charge in [0, 0.05) is 17.2 Å². The van der Waals surface area contributed by atoms with E-state index in [0.717, 1.165) is 0 Å². The van der Waals surface area contributed by atoms with Crippen LogP contribution in [0.3, 0.4) is 0 Å². The first kappa shape index (κ1) is 27.5. The van der Waals surface area contributed by atoms with E-state index in [2.05, 4.69) is 15.9 Å². The highest BCUT2D eigenvalue weighted by Gasteiger charge is 2.35. The van der Waals surface area contributed by atoms with E-state index in [1.807, 2.05) is 30.3 Å². The van der Waals surface area contributed by atoms with Crippen LogP contribution in [0.4, 0.5) is 4.39 Å². The molecule has 1 aliphatic rings. The van der Waals surface area contributed by atoms with Crippen molar-refractivity contribution >= 4 is 45.0 Å². The predicted octanol–water partition coefficient (Wildman–Crippen LogP) is 4.85. The third kappa shape index (κ3) is 5.12. The van der Waals surface area contributed by atoms with Gasteiger partial charge in [0.05, 0.1) is 47.1 Å². The van der Waals surface area contributed by atoms with Gasteiger partial charge in [-0.1, -0.05) is 53.8 Å². The summed E-state index contributed by atoms with van der Waals surface area (Å²) in [5.74, 6) is 0.0595. The molecule has 4 aromatic rings. The number of carbonyl (C=O) groups is 1. The molecule has 2 heterocycles. The lowest BCUT2D eigenvalue weighted by molar-refractivity contribution is -0.138. The lowest BCUT2D eigenvalue weighted by atomic mass is 9.93. The maximum atomic E-state index is 14.0. The number of thiazole rings is 1. The van der Waals surface area contributed by atoms with Gasteiger partial charge in [-0.3, -0.25) is 9.36 Å². The number of esters is 1. The van der Waals surface area contributed by atoms with Crippen LogP contribution in [0.25, 0.3) is 11.8 Å². The summed E-state index contributed by atoms with van der Waals surface area (Å²) < 4.78 is 32.8. The summed E-state index contributed by atoms with van der Waals surface area (Å²) in [6.45, 7) is 1.85. The SMILES string of the molecule is CCOC(=O)C1=C(c2ccccc2)N=c2s/c(=C\c3cc(Br)c(OC)cc3OC)c(=O)n2C1c1ccc(F)cc1. The molecule has 0 radical (unpaired) electrons. The summed E-state index contributed by atoms with van der Waals surface area (Å²) in [6.07, 6.45) is 1.71. The Morgan fingerprint density at radius 1 is 1.07 bits per heavy atom. The van der Waals surface area contributed by atoms with Crippen LogP contribution in [0, 0.1) is 5.82 Å². The minimum atomic E-state index is -0.891. The quantitative estimate of drug-likeness (QED) is 0.275. The zero-order valence-electron chi connectivity index (χ0n) is 21.8. The molecule has 1 aromatic heterocycles. The number of halogens is 2. The van der Waals surface area contributed by atoms with Crippen LogP contribution in [0.2, 0.25) is 0 Å². The van der Waals surface area contributed by atoms with E-state index in [-0.39, 0.29) is 17.7 Å². The van der Waals surface area contributed by atoms with Gasteiger partial charge in [0.25, 0.3) is 5.56 Å². The van der Waals surface area contributed by atoms with Crippen molar-refractivity contribution in [3.63, 3.8) is 0 Å². The van der Waals surface area contributed by atoms with Crippen LogP contribution in [0.15, 0.2) is 86.6 Å².